The second-order valence-corrected chi connectivity index (χ2v) is 3.25. The number of benzene rings is 2. The minimum atomic E-state index is -0.562. The van der Waals surface area contributed by atoms with E-state index < -0.39 is 11.6 Å². The van der Waals surface area contributed by atoms with Crippen molar-refractivity contribution in [2.24, 2.45) is 0 Å². The van der Waals surface area contributed by atoms with E-state index in [0.717, 1.165) is 12.1 Å². The van der Waals surface area contributed by atoms with Crippen molar-refractivity contribution < 1.29 is 18.3 Å². The Morgan fingerprint density at radius 2 is 1.88 bits per heavy atom. The molecule has 87 valence electrons. The highest BCUT2D eigenvalue weighted by atomic mass is 19.1. The molecule has 0 atom stereocenters. The summed E-state index contributed by atoms with van der Waals surface area (Å²) in [6.45, 7) is 0. The number of hydrogen-bond donors (Lipinski definition) is 0. The van der Waals surface area contributed by atoms with Gasteiger partial charge in [0, 0.05) is 6.07 Å². The molecule has 17 heavy (non-hydrogen) atoms. The maximum Gasteiger partial charge on any atom is 0.168 e. The first-order chi connectivity index (χ1) is 8.20. The predicted molar refractivity (Wildman–Crippen MR) is 58.3 cm³/mol. The summed E-state index contributed by atoms with van der Waals surface area (Å²) < 4.78 is 36.6. The number of methoxy groups -OCH3 is 1. The Morgan fingerprint density at radius 1 is 1.06 bits per heavy atom. The van der Waals surface area contributed by atoms with Crippen LogP contribution in [-0.2, 0) is 0 Å². The standard InChI is InChI=1S/C13H9F2O2/c1-16-12-7-6-9(8-11(12)15)17-13-5-3-2-4-10(13)14/h3-8H,1H3. The second kappa shape index (κ2) is 4.82. The lowest BCUT2D eigenvalue weighted by atomic mass is 10.3. The van der Waals surface area contributed by atoms with Gasteiger partial charge in [0.25, 0.3) is 0 Å². The van der Waals surface area contributed by atoms with Crippen molar-refractivity contribution in [3.63, 3.8) is 0 Å². The van der Waals surface area contributed by atoms with Gasteiger partial charge in [-0.15, -0.1) is 0 Å². The molecule has 0 saturated carbocycles. The molecule has 2 aromatic rings. The fourth-order valence-electron chi connectivity index (χ4n) is 1.32. The van der Waals surface area contributed by atoms with Crippen molar-refractivity contribution in [2.45, 2.75) is 0 Å². The van der Waals surface area contributed by atoms with Crippen LogP contribution in [0.5, 0.6) is 17.2 Å². The van der Waals surface area contributed by atoms with Crippen LogP contribution in [0.2, 0.25) is 0 Å². The molecule has 0 fully saturated rings. The molecule has 0 heterocycles. The molecule has 0 aliphatic heterocycles. The summed E-state index contributed by atoms with van der Waals surface area (Å²) >= 11 is 0. The molecule has 0 saturated heterocycles. The van der Waals surface area contributed by atoms with Crippen molar-refractivity contribution in [1.82, 2.24) is 0 Å². The average Bonchev–Trinajstić information content (AvgIpc) is 2.32. The van der Waals surface area contributed by atoms with Crippen molar-refractivity contribution in [3.05, 3.63) is 54.1 Å². The molecule has 0 aliphatic rings. The van der Waals surface area contributed by atoms with Gasteiger partial charge in [-0.2, -0.15) is 0 Å². The zero-order valence-corrected chi connectivity index (χ0v) is 9.04. The fourth-order valence-corrected chi connectivity index (χ4v) is 1.32. The van der Waals surface area contributed by atoms with Crippen molar-refractivity contribution >= 4 is 0 Å². The number of hydrogen-bond acceptors (Lipinski definition) is 2. The van der Waals surface area contributed by atoms with Crippen molar-refractivity contribution in [3.8, 4) is 17.2 Å². The molecular weight excluding hydrogens is 226 g/mol. The van der Waals surface area contributed by atoms with E-state index in [4.69, 9.17) is 9.47 Å². The monoisotopic (exact) mass is 235 g/mol. The molecule has 2 nitrogen and oxygen atoms in total. The third-order valence-corrected chi connectivity index (χ3v) is 2.13. The minimum Gasteiger partial charge on any atom is -0.494 e. The van der Waals surface area contributed by atoms with Gasteiger partial charge in [-0.3, -0.25) is 0 Å². The number of ether oxygens (including phenoxy) is 2. The Morgan fingerprint density at radius 3 is 2.53 bits per heavy atom. The van der Waals surface area contributed by atoms with E-state index in [1.54, 1.807) is 0 Å². The molecule has 1 radical (unpaired) electrons. The highest BCUT2D eigenvalue weighted by molar-refractivity contribution is 5.36. The van der Waals surface area contributed by atoms with Gasteiger partial charge in [-0.25, -0.2) is 8.78 Å². The van der Waals surface area contributed by atoms with Crippen LogP contribution in [0.3, 0.4) is 0 Å². The second-order valence-electron chi connectivity index (χ2n) is 3.25. The Labute approximate surface area is 97.4 Å². The van der Waals surface area contributed by atoms with Gasteiger partial charge in [0.1, 0.15) is 5.75 Å². The largest absolute Gasteiger partial charge is 0.494 e. The number of halogens is 2. The Kier molecular flexibility index (Phi) is 3.23. The molecule has 0 aliphatic carbocycles. The van der Waals surface area contributed by atoms with Gasteiger partial charge in [0.2, 0.25) is 0 Å². The summed E-state index contributed by atoms with van der Waals surface area (Å²) in [5.41, 5.74) is 0. The van der Waals surface area contributed by atoms with E-state index in [9.17, 15) is 8.78 Å². The van der Waals surface area contributed by atoms with Gasteiger partial charge in [0.15, 0.2) is 23.1 Å². The first-order valence-corrected chi connectivity index (χ1v) is 4.87. The van der Waals surface area contributed by atoms with E-state index in [-0.39, 0.29) is 17.2 Å². The maximum atomic E-state index is 13.3. The van der Waals surface area contributed by atoms with Crippen molar-refractivity contribution in [2.75, 3.05) is 7.11 Å². The topological polar surface area (TPSA) is 18.5 Å². The molecular formula is C13H9F2O2. The SMILES string of the molecule is COc1ccc(Oc2cc[c]cc2F)cc1F. The van der Waals surface area contributed by atoms with Crippen LogP contribution in [-0.4, -0.2) is 7.11 Å². The first-order valence-electron chi connectivity index (χ1n) is 4.87. The summed E-state index contributed by atoms with van der Waals surface area (Å²) in [5.74, 6) is -0.780. The normalized spacial score (nSPS) is 10.1. The summed E-state index contributed by atoms with van der Waals surface area (Å²) in [6, 6.07) is 10.7. The average molecular weight is 235 g/mol. The van der Waals surface area contributed by atoms with Gasteiger partial charge in [-0.1, -0.05) is 6.07 Å². The lowest BCUT2D eigenvalue weighted by Crippen LogP contribution is -1.91. The fraction of sp³-hybridized carbons (Fsp3) is 0.0769. The predicted octanol–water partition coefficient (Wildman–Crippen LogP) is 3.57. The lowest BCUT2D eigenvalue weighted by Gasteiger charge is -2.07. The lowest BCUT2D eigenvalue weighted by molar-refractivity contribution is 0.382. The molecule has 0 N–H and O–H groups in total. The summed E-state index contributed by atoms with van der Waals surface area (Å²) in [5, 5.41) is 0. The van der Waals surface area contributed by atoms with E-state index in [0.29, 0.717) is 0 Å². The summed E-state index contributed by atoms with van der Waals surface area (Å²) in [7, 11) is 1.37. The van der Waals surface area contributed by atoms with E-state index in [1.807, 2.05) is 0 Å². The van der Waals surface area contributed by atoms with Gasteiger partial charge >= 0.3 is 0 Å². The molecule has 0 spiro atoms. The molecule has 0 amide bonds. The molecule has 0 aromatic heterocycles. The van der Waals surface area contributed by atoms with E-state index in [1.165, 1.54) is 31.4 Å². The smallest absolute Gasteiger partial charge is 0.168 e. The quantitative estimate of drug-likeness (QED) is 0.809. The third kappa shape index (κ3) is 2.53. The third-order valence-electron chi connectivity index (χ3n) is 2.13. The van der Waals surface area contributed by atoms with Crippen LogP contribution in [0, 0.1) is 17.7 Å². The van der Waals surface area contributed by atoms with Gasteiger partial charge in [-0.05, 0) is 30.3 Å². The van der Waals surface area contributed by atoms with Crippen LogP contribution in [0.25, 0.3) is 0 Å². The Bertz CT molecular complexity index is 527. The highest BCUT2D eigenvalue weighted by Gasteiger charge is 2.07. The van der Waals surface area contributed by atoms with E-state index in [2.05, 4.69) is 6.07 Å². The minimum absolute atomic E-state index is 0.0216. The van der Waals surface area contributed by atoms with Crippen LogP contribution >= 0.6 is 0 Å². The Hall–Kier alpha value is -2.10. The zero-order valence-electron chi connectivity index (χ0n) is 9.04. The summed E-state index contributed by atoms with van der Waals surface area (Å²) in [4.78, 5) is 0. The summed E-state index contributed by atoms with van der Waals surface area (Å²) in [6.07, 6.45) is 0. The van der Waals surface area contributed by atoms with Gasteiger partial charge in [0.05, 0.1) is 7.11 Å². The van der Waals surface area contributed by atoms with E-state index >= 15 is 0 Å². The molecule has 2 aromatic carbocycles. The number of rotatable bonds is 3. The Balaban J connectivity index is 2.25. The van der Waals surface area contributed by atoms with Crippen LogP contribution < -0.4 is 9.47 Å². The van der Waals surface area contributed by atoms with Crippen LogP contribution in [0.1, 0.15) is 0 Å². The molecule has 2 rings (SSSR count). The first kappa shape index (κ1) is 11.4. The highest BCUT2D eigenvalue weighted by Crippen LogP contribution is 2.27. The zero-order chi connectivity index (χ0) is 12.3. The van der Waals surface area contributed by atoms with Crippen LogP contribution in [0.15, 0.2) is 36.4 Å². The van der Waals surface area contributed by atoms with Crippen LogP contribution in [0.4, 0.5) is 8.78 Å². The maximum absolute atomic E-state index is 13.3. The molecule has 0 bridgehead atoms. The van der Waals surface area contributed by atoms with Gasteiger partial charge < -0.3 is 9.47 Å². The molecule has 4 heteroatoms. The molecule has 0 unspecified atom stereocenters. The van der Waals surface area contributed by atoms with Crippen molar-refractivity contribution in [1.29, 1.82) is 0 Å².